The molecule has 0 nitrogen and oxygen atoms in total. The summed E-state index contributed by atoms with van der Waals surface area (Å²) >= 11 is 0. The fourth-order valence-electron chi connectivity index (χ4n) is 2.40. The first-order valence-corrected chi connectivity index (χ1v) is 12.0. The second-order valence-corrected chi connectivity index (χ2v) is 13.7. The summed E-state index contributed by atoms with van der Waals surface area (Å²) in [5.74, 6) is 0.858. The topological polar surface area (TPSA) is 0 Å². The molecule has 15 heavy (non-hydrogen) atoms. The van der Waals surface area contributed by atoms with Crippen molar-refractivity contribution in [3.05, 3.63) is 35.4 Å². The maximum Gasteiger partial charge on any atom is 0.0143 e. The maximum atomic E-state index is 3.10. The Morgan fingerprint density at radius 3 is 2.87 bits per heavy atom. The van der Waals surface area contributed by atoms with Gasteiger partial charge in [-0.05, 0) is 29.9 Å². The minimum atomic E-state index is 0.0849. The molecule has 0 saturated heterocycles. The van der Waals surface area contributed by atoms with Crippen LogP contribution in [-0.4, -0.2) is 0 Å². The lowest BCUT2D eigenvalue weighted by Gasteiger charge is -2.35. The van der Waals surface area contributed by atoms with E-state index in [0.717, 1.165) is 19.5 Å². The lowest BCUT2D eigenvalue weighted by Crippen LogP contribution is -2.15. The van der Waals surface area contributed by atoms with E-state index in [1.807, 2.05) is 0 Å². The van der Waals surface area contributed by atoms with Crippen molar-refractivity contribution in [2.45, 2.75) is 25.4 Å². The number of rotatable bonds is 2. The van der Waals surface area contributed by atoms with Crippen LogP contribution >= 0.6 is 33.1 Å². The molecule has 0 amide bonds. The van der Waals surface area contributed by atoms with E-state index in [-0.39, 0.29) is 7.30 Å². The van der Waals surface area contributed by atoms with Gasteiger partial charge in [-0.1, -0.05) is 46.4 Å². The number of benzene rings is 1. The van der Waals surface area contributed by atoms with Crippen molar-refractivity contribution in [3.63, 3.8) is 0 Å². The third-order valence-electron chi connectivity index (χ3n) is 3.23. The van der Waals surface area contributed by atoms with Crippen LogP contribution in [0, 0.1) is 5.92 Å². The molecule has 4 heteroatoms. The molecule has 0 heterocycles. The Hall–Kier alpha value is 0.940. The normalized spacial score (nSPS) is 27.9. The van der Waals surface area contributed by atoms with Gasteiger partial charge < -0.3 is 0 Å². The highest BCUT2D eigenvalue weighted by Crippen LogP contribution is 2.76. The number of aryl methyl sites for hydroxylation is 1. The minimum Gasteiger partial charge on any atom is -0.110 e. The summed E-state index contributed by atoms with van der Waals surface area (Å²) in [4.78, 5) is 0. The monoisotopic (exact) mass is 274 g/mol. The molecule has 0 radical (unpaired) electrons. The molecule has 1 aromatic rings. The van der Waals surface area contributed by atoms with Crippen LogP contribution in [0.1, 0.15) is 30.1 Å². The average Bonchev–Trinajstić information content (AvgIpc) is 2.28. The quantitative estimate of drug-likeness (QED) is 0.668. The summed E-state index contributed by atoms with van der Waals surface area (Å²) < 4.78 is 0. The molecule has 1 aliphatic rings. The van der Waals surface area contributed by atoms with Gasteiger partial charge in [0.2, 0.25) is 0 Å². The van der Waals surface area contributed by atoms with Crippen molar-refractivity contribution in [1.29, 1.82) is 0 Å². The van der Waals surface area contributed by atoms with Crippen LogP contribution in [0.3, 0.4) is 0 Å². The molecule has 0 saturated carbocycles. The van der Waals surface area contributed by atoms with E-state index < -0.39 is 0 Å². The van der Waals surface area contributed by atoms with E-state index in [4.69, 9.17) is 0 Å². The van der Waals surface area contributed by atoms with Gasteiger partial charge in [-0.3, -0.25) is 0 Å². The van der Waals surface area contributed by atoms with Gasteiger partial charge in [-0.15, -0.1) is 17.9 Å². The fraction of sp³-hybridized carbons (Fsp3) is 0.455. The Morgan fingerprint density at radius 2 is 2.13 bits per heavy atom. The molecule has 0 aliphatic heterocycles. The summed E-state index contributed by atoms with van der Waals surface area (Å²) in [7, 11) is 7.13. The van der Waals surface area contributed by atoms with Crippen LogP contribution in [0.4, 0.5) is 0 Å². The molecular formula is C11H18P4. The Balaban J connectivity index is 2.37. The van der Waals surface area contributed by atoms with Gasteiger partial charge in [-0.25, -0.2) is 0 Å². The molecule has 0 N–H and O–H groups in total. The standard InChI is InChI=1S/C11H18P4/c1-8-6-7-9-4-2-3-5-10(9)11(8)15(13)14-12/h2-5,8,11,14H,6-7,12-13H2,1H3. The largest absolute Gasteiger partial charge is 0.110 e. The molecule has 0 aromatic heterocycles. The van der Waals surface area contributed by atoms with Crippen molar-refractivity contribution in [2.24, 2.45) is 5.92 Å². The van der Waals surface area contributed by atoms with Crippen molar-refractivity contribution in [1.82, 2.24) is 0 Å². The Morgan fingerprint density at radius 1 is 1.40 bits per heavy atom. The van der Waals surface area contributed by atoms with Crippen molar-refractivity contribution in [3.8, 4) is 0 Å². The van der Waals surface area contributed by atoms with Crippen LogP contribution in [0.25, 0.3) is 0 Å². The van der Waals surface area contributed by atoms with Crippen LogP contribution in [0.15, 0.2) is 24.3 Å². The smallest absolute Gasteiger partial charge is 0.0143 e. The molecule has 0 spiro atoms. The zero-order valence-electron chi connectivity index (χ0n) is 8.98. The van der Waals surface area contributed by atoms with Crippen LogP contribution in [0.2, 0.25) is 0 Å². The van der Waals surface area contributed by atoms with Gasteiger partial charge in [-0.2, -0.15) is 0 Å². The second kappa shape index (κ2) is 5.52. The summed E-state index contributed by atoms with van der Waals surface area (Å²) in [6.45, 7) is 2.42. The molecule has 2 rings (SSSR count). The Kier molecular flexibility index (Phi) is 4.56. The zero-order valence-corrected chi connectivity index (χ0v) is 13.2. The maximum absolute atomic E-state index is 3.10. The van der Waals surface area contributed by atoms with Crippen LogP contribution < -0.4 is 0 Å². The molecule has 6 unspecified atom stereocenters. The van der Waals surface area contributed by atoms with Crippen LogP contribution in [-0.2, 0) is 6.42 Å². The number of hydrogen-bond acceptors (Lipinski definition) is 0. The van der Waals surface area contributed by atoms with Gasteiger partial charge in [0.15, 0.2) is 0 Å². The van der Waals surface area contributed by atoms with Gasteiger partial charge in [0.25, 0.3) is 0 Å². The highest BCUT2D eigenvalue weighted by molar-refractivity contribution is 8.61. The molecule has 0 fully saturated rings. The minimum absolute atomic E-state index is 0.0849. The first kappa shape index (κ1) is 12.4. The summed E-state index contributed by atoms with van der Waals surface area (Å²) in [5.41, 5.74) is 4.04. The van der Waals surface area contributed by atoms with Crippen molar-refractivity contribution < 1.29 is 0 Å². The molecule has 6 atom stereocenters. The highest BCUT2D eigenvalue weighted by Gasteiger charge is 2.29. The lowest BCUT2D eigenvalue weighted by molar-refractivity contribution is 0.490. The lowest BCUT2D eigenvalue weighted by atomic mass is 9.84. The van der Waals surface area contributed by atoms with Gasteiger partial charge in [0, 0.05) is 5.66 Å². The fourth-order valence-corrected chi connectivity index (χ4v) is 8.28. The van der Waals surface area contributed by atoms with E-state index >= 15 is 0 Å². The van der Waals surface area contributed by atoms with E-state index in [1.165, 1.54) is 12.8 Å². The third kappa shape index (κ3) is 2.61. The predicted molar refractivity (Wildman–Crippen MR) is 81.3 cm³/mol. The zero-order chi connectivity index (χ0) is 10.8. The molecule has 82 valence electrons. The number of hydrogen-bond donors (Lipinski definition) is 0. The highest BCUT2D eigenvalue weighted by atomic mass is 32.6. The first-order chi connectivity index (χ1) is 7.24. The van der Waals surface area contributed by atoms with Gasteiger partial charge in [0.1, 0.15) is 0 Å². The van der Waals surface area contributed by atoms with Gasteiger partial charge >= 0.3 is 0 Å². The second-order valence-electron chi connectivity index (χ2n) is 4.20. The van der Waals surface area contributed by atoms with E-state index in [9.17, 15) is 0 Å². The Bertz CT molecular complexity index is 339. The Labute approximate surface area is 100 Å². The summed E-state index contributed by atoms with van der Waals surface area (Å²) in [6, 6.07) is 9.04. The number of fused-ring (bicyclic) bond motifs is 1. The molecule has 1 aromatic carbocycles. The van der Waals surface area contributed by atoms with Gasteiger partial charge in [0.05, 0.1) is 0 Å². The predicted octanol–water partition coefficient (Wildman–Crippen LogP) is 4.97. The van der Waals surface area contributed by atoms with Crippen molar-refractivity contribution in [2.75, 3.05) is 0 Å². The van der Waals surface area contributed by atoms with E-state index in [1.54, 1.807) is 11.1 Å². The van der Waals surface area contributed by atoms with Crippen LogP contribution in [0.5, 0.6) is 0 Å². The molecular weight excluding hydrogens is 256 g/mol. The summed E-state index contributed by atoms with van der Waals surface area (Å²) in [6.07, 6.45) is 2.64. The summed E-state index contributed by atoms with van der Waals surface area (Å²) in [5, 5.41) is 0. The van der Waals surface area contributed by atoms with Crippen molar-refractivity contribution >= 4 is 33.1 Å². The SMILES string of the molecule is CC1CCc2ccccc2C1P(P)PP. The first-order valence-electron chi connectivity index (χ1n) is 5.32. The molecule has 1 aliphatic carbocycles. The van der Waals surface area contributed by atoms with E-state index in [2.05, 4.69) is 49.0 Å². The van der Waals surface area contributed by atoms with E-state index in [0.29, 0.717) is 0 Å². The average molecular weight is 274 g/mol. The molecule has 0 bridgehead atoms. The third-order valence-corrected chi connectivity index (χ3v) is 14.3.